The molecule has 0 aliphatic rings. The molecule has 0 radical (unpaired) electrons. The lowest BCUT2D eigenvalue weighted by Gasteiger charge is -2.19. The van der Waals surface area contributed by atoms with Gasteiger partial charge >= 0.3 is 11.9 Å². The highest BCUT2D eigenvalue weighted by molar-refractivity contribution is 6.01. The van der Waals surface area contributed by atoms with E-state index in [9.17, 15) is 19.8 Å². The molecule has 0 heterocycles. The molecule has 0 aromatic heterocycles. The fraction of sp³-hybridized carbons (Fsp3) is 0.0476. The van der Waals surface area contributed by atoms with E-state index < -0.39 is 11.9 Å². The van der Waals surface area contributed by atoms with Crippen LogP contribution in [0.25, 0.3) is 0 Å². The molecule has 124 valence electrons. The molecule has 3 rings (SSSR count). The third-order valence-electron chi connectivity index (χ3n) is 4.10. The molecule has 0 bridgehead atoms. The van der Waals surface area contributed by atoms with Crippen molar-refractivity contribution in [1.29, 1.82) is 0 Å². The van der Waals surface area contributed by atoms with Gasteiger partial charge in [-0.25, -0.2) is 9.59 Å². The van der Waals surface area contributed by atoms with Crippen molar-refractivity contribution in [3.63, 3.8) is 0 Å². The van der Waals surface area contributed by atoms with E-state index >= 15 is 0 Å². The van der Waals surface area contributed by atoms with Gasteiger partial charge in [0.05, 0.1) is 11.1 Å². The van der Waals surface area contributed by atoms with Crippen molar-refractivity contribution in [1.82, 2.24) is 0 Å². The number of aromatic carboxylic acids is 2. The molecule has 4 nitrogen and oxygen atoms in total. The zero-order valence-corrected chi connectivity index (χ0v) is 13.3. The molecule has 0 aliphatic carbocycles. The van der Waals surface area contributed by atoms with Gasteiger partial charge in [0.25, 0.3) is 0 Å². The summed E-state index contributed by atoms with van der Waals surface area (Å²) in [5.41, 5.74) is 2.33. The Morgan fingerprint density at radius 3 is 1.52 bits per heavy atom. The summed E-state index contributed by atoms with van der Waals surface area (Å²) in [5.74, 6) is -2.68. The summed E-state index contributed by atoms with van der Waals surface area (Å²) in [4.78, 5) is 22.8. The fourth-order valence-electron chi connectivity index (χ4n) is 2.97. The first-order valence-corrected chi connectivity index (χ1v) is 7.78. The standard InChI is InChI=1S/C21H16O4/c22-20(23)17-12-11-16(13-18(17)21(24)25)19(14-7-3-1-4-8-14)15-9-5-2-6-10-15/h1-13,19H,(H,22,23)(H,24,25). The third kappa shape index (κ3) is 3.43. The van der Waals surface area contributed by atoms with Crippen molar-refractivity contribution in [3.8, 4) is 0 Å². The third-order valence-corrected chi connectivity index (χ3v) is 4.10. The Hall–Kier alpha value is -3.40. The van der Waals surface area contributed by atoms with E-state index in [1.165, 1.54) is 12.1 Å². The molecule has 0 saturated carbocycles. The van der Waals surface area contributed by atoms with Crippen LogP contribution in [0, 0.1) is 0 Å². The molecule has 2 N–H and O–H groups in total. The predicted octanol–water partition coefficient (Wildman–Crippen LogP) is 4.26. The van der Waals surface area contributed by atoms with Gasteiger partial charge in [-0.3, -0.25) is 0 Å². The van der Waals surface area contributed by atoms with E-state index in [-0.39, 0.29) is 17.0 Å². The second kappa shape index (κ2) is 7.01. The number of carboxylic acids is 2. The van der Waals surface area contributed by atoms with Crippen molar-refractivity contribution in [2.45, 2.75) is 5.92 Å². The zero-order chi connectivity index (χ0) is 17.8. The first kappa shape index (κ1) is 16.5. The first-order valence-electron chi connectivity index (χ1n) is 7.78. The normalized spacial score (nSPS) is 10.6. The topological polar surface area (TPSA) is 74.6 Å². The second-order valence-corrected chi connectivity index (χ2v) is 5.67. The summed E-state index contributed by atoms with van der Waals surface area (Å²) in [6.07, 6.45) is 0. The second-order valence-electron chi connectivity index (χ2n) is 5.67. The Morgan fingerprint density at radius 1 is 0.600 bits per heavy atom. The van der Waals surface area contributed by atoms with Gasteiger partial charge in [-0.2, -0.15) is 0 Å². The van der Waals surface area contributed by atoms with Crippen molar-refractivity contribution in [2.24, 2.45) is 0 Å². The summed E-state index contributed by atoms with van der Waals surface area (Å²) in [5, 5.41) is 18.6. The maximum atomic E-state index is 11.5. The molecule has 0 aliphatic heterocycles. The van der Waals surface area contributed by atoms with E-state index in [4.69, 9.17) is 0 Å². The lowest BCUT2D eigenvalue weighted by molar-refractivity contribution is 0.0651. The maximum Gasteiger partial charge on any atom is 0.336 e. The van der Waals surface area contributed by atoms with Crippen LogP contribution in [0.15, 0.2) is 78.9 Å². The van der Waals surface area contributed by atoms with Gasteiger partial charge in [0, 0.05) is 5.92 Å². The number of benzene rings is 3. The van der Waals surface area contributed by atoms with Gasteiger partial charge in [-0.05, 0) is 28.8 Å². The van der Waals surface area contributed by atoms with E-state index in [1.54, 1.807) is 6.07 Å². The Labute approximate surface area is 145 Å². The van der Waals surface area contributed by atoms with E-state index in [0.717, 1.165) is 16.7 Å². The highest BCUT2D eigenvalue weighted by atomic mass is 16.4. The highest BCUT2D eigenvalue weighted by Crippen LogP contribution is 2.32. The number of carboxylic acid groups (broad SMARTS) is 2. The summed E-state index contributed by atoms with van der Waals surface area (Å²) >= 11 is 0. The minimum absolute atomic E-state index is 0.177. The minimum Gasteiger partial charge on any atom is -0.478 e. The summed E-state index contributed by atoms with van der Waals surface area (Å²) in [7, 11) is 0. The molecule has 0 saturated heterocycles. The quantitative estimate of drug-likeness (QED) is 0.685. The predicted molar refractivity (Wildman–Crippen MR) is 94.2 cm³/mol. The van der Waals surface area contributed by atoms with Crippen LogP contribution in [-0.4, -0.2) is 22.2 Å². The number of rotatable bonds is 5. The summed E-state index contributed by atoms with van der Waals surface area (Å²) < 4.78 is 0. The van der Waals surface area contributed by atoms with Crippen molar-refractivity contribution in [2.75, 3.05) is 0 Å². The highest BCUT2D eigenvalue weighted by Gasteiger charge is 2.21. The number of hydrogen-bond acceptors (Lipinski definition) is 2. The van der Waals surface area contributed by atoms with Crippen molar-refractivity contribution in [3.05, 3.63) is 107 Å². The largest absolute Gasteiger partial charge is 0.478 e. The SMILES string of the molecule is O=C(O)c1ccc(C(c2ccccc2)c2ccccc2)cc1C(=O)O. The molecule has 0 unspecified atom stereocenters. The van der Waals surface area contributed by atoms with Crippen LogP contribution in [0.3, 0.4) is 0 Å². The van der Waals surface area contributed by atoms with Crippen LogP contribution in [0.2, 0.25) is 0 Å². The van der Waals surface area contributed by atoms with Gasteiger partial charge in [0.1, 0.15) is 0 Å². The van der Waals surface area contributed by atoms with Crippen LogP contribution < -0.4 is 0 Å². The molecule has 0 fully saturated rings. The Morgan fingerprint density at radius 2 is 1.08 bits per heavy atom. The maximum absolute atomic E-state index is 11.5. The van der Waals surface area contributed by atoms with Crippen LogP contribution in [0.5, 0.6) is 0 Å². The van der Waals surface area contributed by atoms with Gasteiger partial charge < -0.3 is 10.2 Å². The molecular weight excluding hydrogens is 316 g/mol. The van der Waals surface area contributed by atoms with E-state index in [2.05, 4.69) is 0 Å². The van der Waals surface area contributed by atoms with Gasteiger partial charge in [0.15, 0.2) is 0 Å². The molecule has 0 spiro atoms. The lowest BCUT2D eigenvalue weighted by Crippen LogP contribution is -2.11. The van der Waals surface area contributed by atoms with Crippen LogP contribution in [-0.2, 0) is 0 Å². The number of hydrogen-bond donors (Lipinski definition) is 2. The average molecular weight is 332 g/mol. The molecule has 3 aromatic carbocycles. The smallest absolute Gasteiger partial charge is 0.336 e. The average Bonchev–Trinajstić information content (AvgIpc) is 2.63. The lowest BCUT2D eigenvalue weighted by atomic mass is 9.84. The van der Waals surface area contributed by atoms with E-state index in [1.807, 2.05) is 60.7 Å². The molecule has 4 heteroatoms. The van der Waals surface area contributed by atoms with E-state index in [0.29, 0.717) is 0 Å². The van der Waals surface area contributed by atoms with Crippen LogP contribution >= 0.6 is 0 Å². The van der Waals surface area contributed by atoms with Crippen LogP contribution in [0.1, 0.15) is 43.3 Å². The Balaban J connectivity index is 2.19. The minimum atomic E-state index is -1.25. The number of carbonyl (C=O) groups is 2. The first-order chi connectivity index (χ1) is 12.1. The Bertz CT molecular complexity index is 862. The van der Waals surface area contributed by atoms with Gasteiger partial charge in [-0.1, -0.05) is 66.7 Å². The monoisotopic (exact) mass is 332 g/mol. The Kier molecular flexibility index (Phi) is 4.61. The zero-order valence-electron chi connectivity index (χ0n) is 13.3. The molecule has 25 heavy (non-hydrogen) atoms. The molecular formula is C21H16O4. The van der Waals surface area contributed by atoms with Crippen LogP contribution in [0.4, 0.5) is 0 Å². The van der Waals surface area contributed by atoms with Crippen molar-refractivity contribution >= 4 is 11.9 Å². The van der Waals surface area contributed by atoms with Crippen molar-refractivity contribution < 1.29 is 19.8 Å². The van der Waals surface area contributed by atoms with Gasteiger partial charge in [-0.15, -0.1) is 0 Å². The summed E-state index contributed by atoms with van der Waals surface area (Å²) in [6.45, 7) is 0. The van der Waals surface area contributed by atoms with Gasteiger partial charge in [0.2, 0.25) is 0 Å². The summed E-state index contributed by atoms with van der Waals surface area (Å²) in [6, 6.07) is 23.9. The fourth-order valence-corrected chi connectivity index (χ4v) is 2.97. The molecule has 0 atom stereocenters. The molecule has 3 aromatic rings. The molecule has 0 amide bonds.